The summed E-state index contributed by atoms with van der Waals surface area (Å²) in [5, 5.41) is 5.61. The number of hydrogen-bond donors (Lipinski definition) is 1. The van der Waals surface area contributed by atoms with E-state index in [2.05, 4.69) is 5.32 Å². The summed E-state index contributed by atoms with van der Waals surface area (Å²) in [6.45, 7) is 0.688. The molecule has 1 aliphatic heterocycles. The first-order valence-corrected chi connectivity index (χ1v) is 11.9. The van der Waals surface area contributed by atoms with Crippen LogP contribution in [0.25, 0.3) is 10.8 Å². The Hall–Kier alpha value is -2.41. The smallest absolute Gasteiger partial charge is 0.227 e. The van der Waals surface area contributed by atoms with Gasteiger partial charge in [-0.05, 0) is 42.0 Å². The Kier molecular flexibility index (Phi) is 6.09. The normalized spacial score (nSPS) is 15.9. The number of piperidine rings is 1. The maximum atomic E-state index is 12.8. The van der Waals surface area contributed by atoms with E-state index in [9.17, 15) is 13.2 Å². The molecule has 3 aromatic carbocycles. The van der Waals surface area contributed by atoms with Gasteiger partial charge in [-0.2, -0.15) is 0 Å². The molecule has 0 spiro atoms. The number of nitrogens with one attached hydrogen (secondary N) is 1. The van der Waals surface area contributed by atoms with Crippen LogP contribution in [0.2, 0.25) is 5.02 Å². The molecule has 0 unspecified atom stereocenters. The van der Waals surface area contributed by atoms with Crippen LogP contribution in [-0.4, -0.2) is 31.7 Å². The van der Waals surface area contributed by atoms with Crippen molar-refractivity contribution in [2.24, 2.45) is 5.92 Å². The van der Waals surface area contributed by atoms with Crippen LogP contribution in [0, 0.1) is 5.92 Å². The highest BCUT2D eigenvalue weighted by Gasteiger charge is 2.31. The molecule has 1 heterocycles. The molecule has 0 saturated carbocycles. The zero-order chi connectivity index (χ0) is 21.1. The van der Waals surface area contributed by atoms with E-state index in [0.717, 1.165) is 16.5 Å². The van der Waals surface area contributed by atoms with Crippen molar-refractivity contribution in [2.45, 2.75) is 18.6 Å². The summed E-state index contributed by atoms with van der Waals surface area (Å²) in [7, 11) is -3.45. The van der Waals surface area contributed by atoms with Crippen molar-refractivity contribution in [3.05, 3.63) is 77.3 Å². The number of benzene rings is 3. The van der Waals surface area contributed by atoms with Gasteiger partial charge in [-0.25, -0.2) is 12.7 Å². The molecule has 5 nitrogen and oxygen atoms in total. The molecular formula is C23H23ClN2O3S. The van der Waals surface area contributed by atoms with Crippen molar-refractivity contribution in [1.82, 2.24) is 4.31 Å². The minimum atomic E-state index is -3.45. The van der Waals surface area contributed by atoms with E-state index in [1.807, 2.05) is 42.5 Å². The number of rotatable bonds is 5. The first-order chi connectivity index (χ1) is 14.4. The lowest BCUT2D eigenvalue weighted by Crippen LogP contribution is -2.41. The number of fused-ring (bicyclic) bond motifs is 1. The number of carbonyl (C=O) groups is 1. The lowest BCUT2D eigenvalue weighted by atomic mass is 9.97. The molecule has 1 saturated heterocycles. The zero-order valence-corrected chi connectivity index (χ0v) is 18.0. The average molecular weight is 443 g/mol. The van der Waals surface area contributed by atoms with E-state index in [1.165, 1.54) is 4.31 Å². The molecule has 0 radical (unpaired) electrons. The number of halogens is 1. The van der Waals surface area contributed by atoms with Crippen molar-refractivity contribution in [3.8, 4) is 0 Å². The molecule has 1 aliphatic rings. The van der Waals surface area contributed by atoms with Crippen molar-refractivity contribution in [2.75, 3.05) is 18.4 Å². The number of nitrogens with zero attached hydrogens (tertiary/aromatic N) is 1. The first kappa shape index (κ1) is 20.8. The van der Waals surface area contributed by atoms with E-state index in [1.54, 1.807) is 24.3 Å². The lowest BCUT2D eigenvalue weighted by molar-refractivity contribution is -0.120. The van der Waals surface area contributed by atoms with Crippen LogP contribution in [-0.2, 0) is 20.6 Å². The molecule has 1 N–H and O–H groups in total. The van der Waals surface area contributed by atoms with E-state index < -0.39 is 10.0 Å². The summed E-state index contributed by atoms with van der Waals surface area (Å²) in [6, 6.07) is 20.6. The summed E-state index contributed by atoms with van der Waals surface area (Å²) in [5.74, 6) is -0.347. The number of hydrogen-bond acceptors (Lipinski definition) is 3. The molecule has 0 atom stereocenters. The van der Waals surface area contributed by atoms with Gasteiger partial charge in [0.2, 0.25) is 15.9 Å². The average Bonchev–Trinajstić information content (AvgIpc) is 2.74. The van der Waals surface area contributed by atoms with Crippen LogP contribution in [0.15, 0.2) is 66.7 Å². The summed E-state index contributed by atoms with van der Waals surface area (Å²) in [4.78, 5) is 12.8. The van der Waals surface area contributed by atoms with Gasteiger partial charge >= 0.3 is 0 Å². The van der Waals surface area contributed by atoms with Crippen molar-refractivity contribution in [3.63, 3.8) is 0 Å². The molecule has 7 heteroatoms. The molecule has 4 rings (SSSR count). The molecule has 3 aromatic rings. The molecular weight excluding hydrogens is 420 g/mol. The number of carbonyl (C=O) groups excluding carboxylic acids is 1. The standard InChI is InChI=1S/C23H23ClN2O3S/c24-20-8-3-5-17(15-20)16-30(28,29)26-13-11-19(12-14-26)23(27)25-22-10-4-7-18-6-1-2-9-21(18)22/h1-10,15,19H,11-14,16H2,(H,25,27). The SMILES string of the molecule is O=C(Nc1cccc2ccccc12)C1CCN(S(=O)(=O)Cc2cccc(Cl)c2)CC1. The van der Waals surface area contributed by atoms with E-state index in [-0.39, 0.29) is 17.6 Å². The van der Waals surface area contributed by atoms with Crippen LogP contribution >= 0.6 is 11.6 Å². The molecule has 30 heavy (non-hydrogen) atoms. The Bertz CT molecular complexity index is 1170. The Morgan fingerprint density at radius 3 is 2.47 bits per heavy atom. The number of anilines is 1. The summed E-state index contributed by atoms with van der Waals surface area (Å²) in [6.07, 6.45) is 1.01. The topological polar surface area (TPSA) is 66.5 Å². The number of sulfonamides is 1. The fraction of sp³-hybridized carbons (Fsp3) is 0.261. The second kappa shape index (κ2) is 8.76. The minimum Gasteiger partial charge on any atom is -0.325 e. The fourth-order valence-electron chi connectivity index (χ4n) is 3.89. The second-order valence-electron chi connectivity index (χ2n) is 7.58. The molecule has 1 amide bonds. The molecule has 0 bridgehead atoms. The van der Waals surface area contributed by atoms with Gasteiger partial charge in [0.05, 0.1) is 5.75 Å². The highest BCUT2D eigenvalue weighted by Crippen LogP contribution is 2.27. The Balaban J connectivity index is 1.38. The molecule has 1 fully saturated rings. The fourth-order valence-corrected chi connectivity index (χ4v) is 5.66. The van der Waals surface area contributed by atoms with Gasteiger partial charge in [-0.1, -0.05) is 60.1 Å². The van der Waals surface area contributed by atoms with Gasteiger partial charge in [-0.3, -0.25) is 4.79 Å². The van der Waals surface area contributed by atoms with Gasteiger partial charge in [0.15, 0.2) is 0 Å². The van der Waals surface area contributed by atoms with E-state index in [0.29, 0.717) is 36.5 Å². The second-order valence-corrected chi connectivity index (χ2v) is 9.98. The van der Waals surface area contributed by atoms with Crippen LogP contribution < -0.4 is 5.32 Å². The highest BCUT2D eigenvalue weighted by molar-refractivity contribution is 7.88. The van der Waals surface area contributed by atoms with Gasteiger partial charge in [0.1, 0.15) is 0 Å². The lowest BCUT2D eigenvalue weighted by Gasteiger charge is -2.30. The van der Waals surface area contributed by atoms with Gasteiger partial charge in [-0.15, -0.1) is 0 Å². The van der Waals surface area contributed by atoms with Gasteiger partial charge < -0.3 is 5.32 Å². The van der Waals surface area contributed by atoms with Crippen molar-refractivity contribution in [1.29, 1.82) is 0 Å². The molecule has 156 valence electrons. The third-order valence-electron chi connectivity index (χ3n) is 5.50. The predicted octanol–water partition coefficient (Wildman–Crippen LogP) is 4.67. The molecule has 0 aliphatic carbocycles. The highest BCUT2D eigenvalue weighted by atomic mass is 35.5. The van der Waals surface area contributed by atoms with Crippen LogP contribution in [0.3, 0.4) is 0 Å². The van der Waals surface area contributed by atoms with Crippen molar-refractivity contribution < 1.29 is 13.2 Å². The Morgan fingerprint density at radius 1 is 1.00 bits per heavy atom. The summed E-state index contributed by atoms with van der Waals surface area (Å²) < 4.78 is 27.0. The largest absolute Gasteiger partial charge is 0.325 e. The van der Waals surface area contributed by atoms with Gasteiger partial charge in [0.25, 0.3) is 0 Å². The van der Waals surface area contributed by atoms with Crippen molar-refractivity contribution >= 4 is 44.0 Å². The maximum Gasteiger partial charge on any atom is 0.227 e. The number of amides is 1. The van der Waals surface area contributed by atoms with Gasteiger partial charge in [0, 0.05) is 35.1 Å². The van der Waals surface area contributed by atoms with E-state index in [4.69, 9.17) is 11.6 Å². The van der Waals surface area contributed by atoms with Crippen LogP contribution in [0.4, 0.5) is 5.69 Å². The predicted molar refractivity (Wildman–Crippen MR) is 121 cm³/mol. The molecule has 0 aromatic heterocycles. The third-order valence-corrected chi connectivity index (χ3v) is 7.59. The van der Waals surface area contributed by atoms with Crippen LogP contribution in [0.5, 0.6) is 0 Å². The monoisotopic (exact) mass is 442 g/mol. The first-order valence-electron chi connectivity index (χ1n) is 9.93. The van der Waals surface area contributed by atoms with Crippen LogP contribution in [0.1, 0.15) is 18.4 Å². The van der Waals surface area contributed by atoms with E-state index >= 15 is 0 Å². The minimum absolute atomic E-state index is 0.0572. The third kappa shape index (κ3) is 4.67. The Morgan fingerprint density at radius 2 is 1.70 bits per heavy atom. The maximum absolute atomic E-state index is 12.8. The quantitative estimate of drug-likeness (QED) is 0.624. The zero-order valence-electron chi connectivity index (χ0n) is 16.4. The summed E-state index contributed by atoms with van der Waals surface area (Å²) in [5.41, 5.74) is 1.45. The Labute approximate surface area is 181 Å². The summed E-state index contributed by atoms with van der Waals surface area (Å²) >= 11 is 5.96.